The van der Waals surface area contributed by atoms with Gasteiger partial charge in [0.1, 0.15) is 0 Å². The van der Waals surface area contributed by atoms with Crippen LogP contribution in [0.3, 0.4) is 0 Å². The van der Waals surface area contributed by atoms with Crippen LogP contribution in [0.25, 0.3) is 10.9 Å². The third-order valence-electron chi connectivity index (χ3n) is 4.40. The van der Waals surface area contributed by atoms with Crippen molar-refractivity contribution in [2.24, 2.45) is 4.99 Å². The van der Waals surface area contributed by atoms with Crippen molar-refractivity contribution in [1.29, 1.82) is 0 Å². The summed E-state index contributed by atoms with van der Waals surface area (Å²) in [5.41, 5.74) is 3.87. The summed E-state index contributed by atoms with van der Waals surface area (Å²) in [4.78, 5) is 8.02. The maximum absolute atomic E-state index is 4.66. The number of aliphatic imine (C=N–C) groups is 1. The first-order valence-electron chi connectivity index (χ1n) is 9.33. The fraction of sp³-hybridized carbons (Fsp3) is 0.400. The van der Waals surface area contributed by atoms with Gasteiger partial charge in [-0.1, -0.05) is 12.1 Å². The molecule has 26 heavy (non-hydrogen) atoms. The number of guanidine groups is 1. The summed E-state index contributed by atoms with van der Waals surface area (Å²) in [5.74, 6) is 0.879. The van der Waals surface area contributed by atoms with Gasteiger partial charge < -0.3 is 15.6 Å². The van der Waals surface area contributed by atoms with E-state index in [1.54, 1.807) is 6.20 Å². The van der Waals surface area contributed by atoms with Gasteiger partial charge in [0.15, 0.2) is 5.96 Å². The minimum atomic E-state index is 0.779. The first-order chi connectivity index (χ1) is 12.8. The standard InChI is InChI=1S/C20H28N6/c1-3-21-20(22-10-5-13-26-14-6-11-25-26)23-12-9-17-15-24-18-8-4-7-16(2)19(17)18/h4,6-8,11,14-15,24H,3,5,9-10,12-13H2,1-2H3,(H2,21,22,23). The van der Waals surface area contributed by atoms with Gasteiger partial charge in [0.05, 0.1) is 0 Å². The van der Waals surface area contributed by atoms with Crippen molar-refractivity contribution in [3.8, 4) is 0 Å². The van der Waals surface area contributed by atoms with E-state index in [-0.39, 0.29) is 0 Å². The van der Waals surface area contributed by atoms with Crippen molar-refractivity contribution in [2.75, 3.05) is 19.6 Å². The number of nitrogens with one attached hydrogen (secondary N) is 3. The van der Waals surface area contributed by atoms with E-state index in [0.29, 0.717) is 0 Å². The third kappa shape index (κ3) is 4.65. The second-order valence-electron chi connectivity index (χ2n) is 6.37. The maximum Gasteiger partial charge on any atom is 0.191 e. The van der Waals surface area contributed by atoms with Crippen LogP contribution in [-0.2, 0) is 13.0 Å². The number of fused-ring (bicyclic) bond motifs is 1. The lowest BCUT2D eigenvalue weighted by atomic mass is 10.1. The van der Waals surface area contributed by atoms with Gasteiger partial charge in [-0.25, -0.2) is 0 Å². The van der Waals surface area contributed by atoms with Crippen LogP contribution in [0, 0.1) is 6.92 Å². The third-order valence-corrected chi connectivity index (χ3v) is 4.40. The van der Waals surface area contributed by atoms with Gasteiger partial charge in [-0.3, -0.25) is 9.67 Å². The molecule has 0 aliphatic carbocycles. The Balaban J connectivity index is 1.50. The molecule has 3 N–H and O–H groups in total. The number of aryl methyl sites for hydroxylation is 2. The van der Waals surface area contributed by atoms with Crippen LogP contribution in [0.5, 0.6) is 0 Å². The van der Waals surface area contributed by atoms with Crippen LogP contribution < -0.4 is 10.6 Å². The Bertz CT molecular complexity index is 831. The lowest BCUT2D eigenvalue weighted by Gasteiger charge is -2.11. The van der Waals surface area contributed by atoms with Crippen LogP contribution >= 0.6 is 0 Å². The second-order valence-corrected chi connectivity index (χ2v) is 6.37. The molecule has 138 valence electrons. The topological polar surface area (TPSA) is 70.0 Å². The first-order valence-corrected chi connectivity index (χ1v) is 9.33. The molecule has 0 saturated heterocycles. The summed E-state index contributed by atoms with van der Waals surface area (Å²) in [5, 5.41) is 12.3. The van der Waals surface area contributed by atoms with Crippen molar-refractivity contribution >= 4 is 16.9 Å². The summed E-state index contributed by atoms with van der Waals surface area (Å²) in [6.45, 7) is 7.64. The number of aromatic nitrogens is 3. The monoisotopic (exact) mass is 352 g/mol. The number of hydrogen-bond donors (Lipinski definition) is 3. The highest BCUT2D eigenvalue weighted by Gasteiger charge is 2.06. The van der Waals surface area contributed by atoms with Crippen LogP contribution in [0.15, 0.2) is 47.8 Å². The molecule has 0 saturated carbocycles. The Morgan fingerprint density at radius 3 is 3.00 bits per heavy atom. The van der Waals surface area contributed by atoms with Crippen LogP contribution in [0.2, 0.25) is 0 Å². The Morgan fingerprint density at radius 2 is 2.19 bits per heavy atom. The number of rotatable bonds is 8. The zero-order valence-electron chi connectivity index (χ0n) is 15.6. The molecule has 3 aromatic rings. The Hall–Kier alpha value is -2.76. The van der Waals surface area contributed by atoms with Crippen molar-refractivity contribution in [2.45, 2.75) is 33.2 Å². The SMILES string of the molecule is CCNC(=NCCCn1cccn1)NCCc1c[nH]c2cccc(C)c12. The Kier molecular flexibility index (Phi) is 6.30. The molecule has 6 heteroatoms. The molecule has 2 heterocycles. The fourth-order valence-corrected chi connectivity index (χ4v) is 3.16. The van der Waals surface area contributed by atoms with E-state index in [4.69, 9.17) is 0 Å². The van der Waals surface area contributed by atoms with Crippen molar-refractivity contribution in [1.82, 2.24) is 25.4 Å². The van der Waals surface area contributed by atoms with Gasteiger partial charge in [0.2, 0.25) is 0 Å². The summed E-state index contributed by atoms with van der Waals surface area (Å²) in [7, 11) is 0. The van der Waals surface area contributed by atoms with E-state index in [2.05, 4.69) is 64.0 Å². The molecule has 0 amide bonds. The predicted molar refractivity (Wildman–Crippen MR) is 108 cm³/mol. The minimum absolute atomic E-state index is 0.779. The van der Waals surface area contributed by atoms with Crippen molar-refractivity contribution in [3.05, 3.63) is 54.0 Å². The van der Waals surface area contributed by atoms with Gasteiger partial charge >= 0.3 is 0 Å². The van der Waals surface area contributed by atoms with Gasteiger partial charge in [0, 0.05) is 55.7 Å². The molecule has 0 radical (unpaired) electrons. The van der Waals surface area contributed by atoms with Crippen LogP contribution in [0.4, 0.5) is 0 Å². The molecule has 6 nitrogen and oxygen atoms in total. The van der Waals surface area contributed by atoms with E-state index in [9.17, 15) is 0 Å². The number of nitrogens with zero attached hydrogens (tertiary/aromatic N) is 3. The molecule has 0 bridgehead atoms. The zero-order chi connectivity index (χ0) is 18.2. The van der Waals surface area contributed by atoms with Crippen molar-refractivity contribution in [3.63, 3.8) is 0 Å². The molecule has 2 aromatic heterocycles. The summed E-state index contributed by atoms with van der Waals surface area (Å²) < 4.78 is 1.94. The lowest BCUT2D eigenvalue weighted by molar-refractivity contribution is 0.584. The summed E-state index contributed by atoms with van der Waals surface area (Å²) >= 11 is 0. The Morgan fingerprint density at radius 1 is 1.27 bits per heavy atom. The molecule has 0 unspecified atom stereocenters. The van der Waals surface area contributed by atoms with Crippen LogP contribution in [-0.4, -0.2) is 40.4 Å². The molecule has 1 aromatic carbocycles. The largest absolute Gasteiger partial charge is 0.361 e. The molecule has 0 atom stereocenters. The Labute approximate surface area is 154 Å². The molecule has 0 aliphatic rings. The van der Waals surface area contributed by atoms with E-state index in [1.807, 2.05) is 16.9 Å². The molecule has 0 aliphatic heterocycles. The van der Waals surface area contributed by atoms with Gasteiger partial charge in [-0.05, 0) is 49.9 Å². The number of H-pyrrole nitrogens is 1. The van der Waals surface area contributed by atoms with Crippen LogP contribution in [0.1, 0.15) is 24.5 Å². The van der Waals surface area contributed by atoms with E-state index >= 15 is 0 Å². The second kappa shape index (κ2) is 9.08. The molecule has 3 rings (SSSR count). The normalized spacial score (nSPS) is 11.8. The molecular weight excluding hydrogens is 324 g/mol. The van der Waals surface area contributed by atoms with Gasteiger partial charge in [-0.2, -0.15) is 5.10 Å². The maximum atomic E-state index is 4.66. The zero-order valence-corrected chi connectivity index (χ0v) is 15.6. The highest BCUT2D eigenvalue weighted by Crippen LogP contribution is 2.22. The fourth-order valence-electron chi connectivity index (χ4n) is 3.16. The lowest BCUT2D eigenvalue weighted by Crippen LogP contribution is -2.38. The number of hydrogen-bond acceptors (Lipinski definition) is 2. The average Bonchev–Trinajstić information content (AvgIpc) is 3.29. The van der Waals surface area contributed by atoms with Gasteiger partial charge in [-0.15, -0.1) is 0 Å². The van der Waals surface area contributed by atoms with E-state index in [0.717, 1.165) is 45.0 Å². The summed E-state index contributed by atoms with van der Waals surface area (Å²) in [6, 6.07) is 8.33. The highest BCUT2D eigenvalue weighted by molar-refractivity contribution is 5.86. The molecule has 0 spiro atoms. The number of benzene rings is 1. The number of aromatic amines is 1. The first kappa shape index (κ1) is 18.0. The highest BCUT2D eigenvalue weighted by atomic mass is 15.3. The minimum Gasteiger partial charge on any atom is -0.361 e. The van der Waals surface area contributed by atoms with E-state index in [1.165, 1.54) is 22.0 Å². The smallest absolute Gasteiger partial charge is 0.191 e. The van der Waals surface area contributed by atoms with Crippen molar-refractivity contribution < 1.29 is 0 Å². The summed E-state index contributed by atoms with van der Waals surface area (Å²) in [6.07, 6.45) is 7.84. The quantitative estimate of drug-likeness (QED) is 0.332. The van der Waals surface area contributed by atoms with Gasteiger partial charge in [0.25, 0.3) is 0 Å². The predicted octanol–water partition coefficient (Wildman–Crippen LogP) is 2.86. The van der Waals surface area contributed by atoms with E-state index < -0.39 is 0 Å². The average molecular weight is 352 g/mol. The molecule has 0 fully saturated rings. The molecular formula is C20H28N6.